The summed E-state index contributed by atoms with van der Waals surface area (Å²) in [7, 11) is 1.70. The summed E-state index contributed by atoms with van der Waals surface area (Å²) >= 11 is 0. The third-order valence-electron chi connectivity index (χ3n) is 6.80. The number of phenolic OH excluding ortho intramolecular Hbond substituents is 2. The van der Waals surface area contributed by atoms with Crippen molar-refractivity contribution >= 4 is 41.5 Å². The highest BCUT2D eigenvalue weighted by molar-refractivity contribution is 5.95. The Morgan fingerprint density at radius 2 is 1.04 bits per heavy atom. The second-order valence-corrected chi connectivity index (χ2v) is 16.2. The number of rotatable bonds is 6. The first kappa shape index (κ1) is 42.4. The lowest BCUT2D eigenvalue weighted by Gasteiger charge is -2.28. The van der Waals surface area contributed by atoms with Crippen LogP contribution in [0.3, 0.4) is 0 Å². The molecule has 0 aliphatic carbocycles. The van der Waals surface area contributed by atoms with Crippen LogP contribution in [-0.2, 0) is 30.0 Å². The molecule has 0 saturated heterocycles. The molecule has 0 fully saturated rings. The minimum absolute atomic E-state index is 0.0237. The molecule has 270 valence electrons. The predicted octanol–water partition coefficient (Wildman–Crippen LogP) is 7.14. The normalized spacial score (nSPS) is 12.3. The highest BCUT2D eigenvalue weighted by atomic mass is 16.5. The van der Waals surface area contributed by atoms with Crippen molar-refractivity contribution in [3.63, 3.8) is 0 Å². The molecule has 0 radical (unpaired) electrons. The van der Waals surface area contributed by atoms with Crippen LogP contribution >= 0.6 is 0 Å². The molecule has 0 aliphatic heterocycles. The average Bonchev–Trinajstić information content (AvgIpc) is 2.88. The van der Waals surface area contributed by atoms with Crippen molar-refractivity contribution < 1.29 is 34.1 Å². The summed E-state index contributed by atoms with van der Waals surface area (Å²) in [6.07, 6.45) is 5.78. The van der Waals surface area contributed by atoms with Crippen LogP contribution in [0.25, 0.3) is 12.2 Å². The summed E-state index contributed by atoms with van der Waals surface area (Å²) in [4.78, 5) is 48.5. The van der Waals surface area contributed by atoms with Crippen LogP contribution in [0.1, 0.15) is 119 Å². The molecule has 2 aromatic rings. The Labute approximate surface area is 292 Å². The SMILES string of the molecule is CC(=O)N(C)c1cc(/C=C/C(=O)NC(C)(C)C)c(O)cc1C(C)(C)C.CC(=O)Oc1cc(/C=C/C(=O)NC(C)(C)C)c(O)cc1C(C)(C)C. The van der Waals surface area contributed by atoms with Gasteiger partial charge >= 0.3 is 5.97 Å². The maximum Gasteiger partial charge on any atom is 0.308 e. The van der Waals surface area contributed by atoms with Crippen molar-refractivity contribution in [2.24, 2.45) is 0 Å². The molecule has 49 heavy (non-hydrogen) atoms. The largest absolute Gasteiger partial charge is 0.507 e. The van der Waals surface area contributed by atoms with Gasteiger partial charge in [0.05, 0.1) is 0 Å². The van der Waals surface area contributed by atoms with Gasteiger partial charge in [-0.25, -0.2) is 0 Å². The van der Waals surface area contributed by atoms with Crippen molar-refractivity contribution in [2.45, 2.75) is 119 Å². The summed E-state index contributed by atoms with van der Waals surface area (Å²) < 4.78 is 5.27. The number of aromatic hydroxyl groups is 2. The van der Waals surface area contributed by atoms with Gasteiger partial charge in [-0.05, 0) is 94.4 Å². The monoisotopic (exact) mass is 679 g/mol. The Hall–Kier alpha value is -4.60. The van der Waals surface area contributed by atoms with Crippen LogP contribution in [0.2, 0.25) is 0 Å². The lowest BCUT2D eigenvalue weighted by Crippen LogP contribution is -2.39. The van der Waals surface area contributed by atoms with Crippen LogP contribution in [0.5, 0.6) is 17.2 Å². The zero-order valence-electron chi connectivity index (χ0n) is 32.0. The fraction of sp³-hybridized carbons (Fsp3) is 0.487. The van der Waals surface area contributed by atoms with E-state index >= 15 is 0 Å². The van der Waals surface area contributed by atoms with Gasteiger partial charge in [0.25, 0.3) is 0 Å². The molecular formula is C39H57N3O7. The number of anilines is 1. The first-order chi connectivity index (χ1) is 22.0. The van der Waals surface area contributed by atoms with E-state index in [2.05, 4.69) is 10.6 Å². The maximum absolute atomic E-state index is 12.0. The molecule has 10 nitrogen and oxygen atoms in total. The molecule has 0 aliphatic rings. The lowest BCUT2D eigenvalue weighted by atomic mass is 9.84. The first-order valence-electron chi connectivity index (χ1n) is 16.2. The van der Waals surface area contributed by atoms with E-state index in [1.165, 1.54) is 32.1 Å². The second-order valence-electron chi connectivity index (χ2n) is 16.2. The molecular weight excluding hydrogens is 622 g/mol. The number of hydrogen-bond acceptors (Lipinski definition) is 7. The van der Waals surface area contributed by atoms with Gasteiger partial charge in [-0.1, -0.05) is 41.5 Å². The molecule has 2 rings (SSSR count). The Bertz CT molecular complexity index is 1590. The minimum Gasteiger partial charge on any atom is -0.507 e. The Morgan fingerprint density at radius 3 is 1.39 bits per heavy atom. The number of benzene rings is 2. The fourth-order valence-electron chi connectivity index (χ4n) is 4.47. The van der Waals surface area contributed by atoms with E-state index in [4.69, 9.17) is 4.74 Å². The number of hydrogen-bond donors (Lipinski definition) is 4. The Morgan fingerprint density at radius 1 is 0.653 bits per heavy atom. The standard InChI is InChI=1S/C20H30N2O3.C19H27NO4/c1-13(23)22(8)16-11-14(9-10-18(25)21-20(5,6)7)17(24)12-15(16)19(2,3)4;1-12(21)24-16-10-13(8-9-17(23)20-19(5,6)7)15(22)11-14(16)18(2,3)4/h9-12,24H,1-8H3,(H,21,25);8-11,22H,1-7H3,(H,20,23)/b10-9+;9-8+. The van der Waals surface area contributed by atoms with Crippen LogP contribution in [0, 0.1) is 0 Å². The van der Waals surface area contributed by atoms with E-state index in [9.17, 15) is 29.4 Å². The quantitative estimate of drug-likeness (QED) is 0.144. The van der Waals surface area contributed by atoms with Gasteiger partial charge in [-0.3, -0.25) is 19.2 Å². The molecule has 0 spiro atoms. The highest BCUT2D eigenvalue weighted by Gasteiger charge is 2.24. The van der Waals surface area contributed by atoms with E-state index in [1.807, 2.05) is 83.1 Å². The zero-order chi connectivity index (χ0) is 38.3. The van der Waals surface area contributed by atoms with Crippen LogP contribution in [-0.4, -0.2) is 52.0 Å². The fourth-order valence-corrected chi connectivity index (χ4v) is 4.47. The second kappa shape index (κ2) is 16.2. The molecule has 4 N–H and O–H groups in total. The van der Waals surface area contributed by atoms with E-state index in [0.717, 1.165) is 5.56 Å². The van der Waals surface area contributed by atoms with E-state index in [1.54, 1.807) is 42.3 Å². The number of phenols is 2. The summed E-state index contributed by atoms with van der Waals surface area (Å²) in [6.45, 7) is 26.1. The topological polar surface area (TPSA) is 145 Å². The van der Waals surface area contributed by atoms with E-state index in [-0.39, 0.29) is 51.1 Å². The molecule has 0 unspecified atom stereocenters. The van der Waals surface area contributed by atoms with Crippen LogP contribution in [0.15, 0.2) is 36.4 Å². The molecule has 3 amide bonds. The third-order valence-corrected chi connectivity index (χ3v) is 6.80. The maximum atomic E-state index is 12.0. The number of ether oxygens (including phenoxy) is 1. The van der Waals surface area contributed by atoms with Crippen molar-refractivity contribution in [3.8, 4) is 17.2 Å². The number of esters is 1. The van der Waals surface area contributed by atoms with Gasteiger partial charge < -0.3 is 30.5 Å². The Kier molecular flexibility index (Phi) is 14.0. The molecule has 10 heteroatoms. The third kappa shape index (κ3) is 14.6. The molecule has 2 aromatic carbocycles. The molecule has 0 atom stereocenters. The van der Waals surface area contributed by atoms with Gasteiger partial charge in [-0.2, -0.15) is 0 Å². The van der Waals surface area contributed by atoms with E-state index in [0.29, 0.717) is 28.1 Å². The van der Waals surface area contributed by atoms with E-state index < -0.39 is 5.97 Å². The minimum atomic E-state index is -0.438. The van der Waals surface area contributed by atoms with Crippen molar-refractivity contribution in [1.82, 2.24) is 10.6 Å². The van der Waals surface area contributed by atoms with Crippen molar-refractivity contribution in [1.29, 1.82) is 0 Å². The van der Waals surface area contributed by atoms with Gasteiger partial charge in [-0.15, -0.1) is 0 Å². The lowest BCUT2D eigenvalue weighted by molar-refractivity contribution is -0.132. The molecule has 0 saturated carbocycles. The Balaban J connectivity index is 0.000000490. The van der Waals surface area contributed by atoms with Gasteiger partial charge in [0, 0.05) is 66.5 Å². The molecule has 0 bridgehead atoms. The summed E-state index contributed by atoms with van der Waals surface area (Å²) in [5, 5.41) is 26.2. The van der Waals surface area contributed by atoms with Crippen LogP contribution in [0.4, 0.5) is 5.69 Å². The van der Waals surface area contributed by atoms with Crippen molar-refractivity contribution in [2.75, 3.05) is 11.9 Å². The smallest absolute Gasteiger partial charge is 0.308 e. The van der Waals surface area contributed by atoms with Gasteiger partial charge in [0.2, 0.25) is 17.7 Å². The van der Waals surface area contributed by atoms with Crippen molar-refractivity contribution in [3.05, 3.63) is 58.7 Å². The number of nitrogens with one attached hydrogen (secondary N) is 2. The van der Waals surface area contributed by atoms with Crippen LogP contribution < -0.4 is 20.3 Å². The summed E-state index contributed by atoms with van der Waals surface area (Å²) in [6, 6.07) is 6.53. The average molecular weight is 680 g/mol. The van der Waals surface area contributed by atoms with Gasteiger partial charge in [0.15, 0.2) is 0 Å². The molecule has 0 aromatic heterocycles. The predicted molar refractivity (Wildman–Crippen MR) is 198 cm³/mol. The van der Waals surface area contributed by atoms with Gasteiger partial charge in [0.1, 0.15) is 17.2 Å². The first-order valence-corrected chi connectivity index (χ1v) is 16.2. The summed E-state index contributed by atoms with van der Waals surface area (Å²) in [5.41, 5.74) is 1.95. The molecule has 0 heterocycles. The number of carbonyl (C=O) groups is 4. The highest BCUT2D eigenvalue weighted by Crippen LogP contribution is 2.38. The zero-order valence-corrected chi connectivity index (χ0v) is 32.0. The number of amides is 3. The number of carbonyl (C=O) groups excluding carboxylic acids is 4. The number of nitrogens with zero attached hydrogens (tertiary/aromatic N) is 1. The summed E-state index contributed by atoms with van der Waals surface area (Å²) in [5.74, 6) is -0.572.